The molecule has 1 rings (SSSR count). The van der Waals surface area contributed by atoms with Crippen molar-refractivity contribution in [2.24, 2.45) is 0 Å². The fraction of sp³-hybridized carbons (Fsp3) is 0.364. The van der Waals surface area contributed by atoms with Gasteiger partial charge in [0.1, 0.15) is 5.75 Å². The summed E-state index contributed by atoms with van der Waals surface area (Å²) in [6.45, 7) is 4.36. The molecule has 1 atom stereocenters. The maximum atomic E-state index is 11.8. The molecule has 0 amide bonds. The van der Waals surface area contributed by atoms with Crippen molar-refractivity contribution in [2.75, 3.05) is 6.61 Å². The minimum atomic E-state index is -0.164. The van der Waals surface area contributed by atoms with Crippen molar-refractivity contribution < 1.29 is 9.53 Å². The third kappa shape index (κ3) is 3.17. The molecule has 0 aliphatic carbocycles. The van der Waals surface area contributed by atoms with Gasteiger partial charge in [0.05, 0.1) is 15.0 Å². The summed E-state index contributed by atoms with van der Waals surface area (Å²) in [6.07, 6.45) is 0. The van der Waals surface area contributed by atoms with Gasteiger partial charge in [-0.2, -0.15) is 0 Å². The Bertz CT molecular complexity index is 364. The normalized spacial score (nSPS) is 12.3. The molecule has 0 radical (unpaired) electrons. The van der Waals surface area contributed by atoms with Gasteiger partial charge in [0.2, 0.25) is 0 Å². The minimum absolute atomic E-state index is 0.0842. The predicted octanol–water partition coefficient (Wildman–Crippen LogP) is 3.66. The van der Waals surface area contributed by atoms with Crippen LogP contribution in [0.2, 0.25) is 0 Å². The van der Waals surface area contributed by atoms with Crippen LogP contribution in [0.4, 0.5) is 0 Å². The van der Waals surface area contributed by atoms with Crippen molar-refractivity contribution in [3.05, 3.63) is 27.3 Å². The monoisotopic (exact) mass is 382 g/mol. The van der Waals surface area contributed by atoms with E-state index in [0.717, 1.165) is 9.32 Å². The molecule has 0 aliphatic rings. The molecule has 15 heavy (non-hydrogen) atoms. The van der Waals surface area contributed by atoms with Gasteiger partial charge in [-0.05, 0) is 42.5 Å². The van der Waals surface area contributed by atoms with Crippen molar-refractivity contribution >= 4 is 44.3 Å². The number of hydrogen-bond donors (Lipinski definition) is 0. The quantitative estimate of drug-likeness (QED) is 0.451. The summed E-state index contributed by atoms with van der Waals surface area (Å²) < 4.78 is 6.31. The molecule has 0 saturated heterocycles. The largest absolute Gasteiger partial charge is 0.493 e. The molecule has 0 heterocycles. The Hall–Kier alpha value is -0.100. The highest BCUT2D eigenvalue weighted by Crippen LogP contribution is 2.26. The third-order valence-corrected chi connectivity index (χ3v) is 3.42. The van der Waals surface area contributed by atoms with Gasteiger partial charge in [-0.3, -0.25) is 4.79 Å². The van der Waals surface area contributed by atoms with E-state index in [0.29, 0.717) is 12.2 Å². The highest BCUT2D eigenvalue weighted by molar-refractivity contribution is 14.1. The molecule has 1 aromatic carbocycles. The molecule has 0 aromatic heterocycles. The molecule has 0 N–H and O–H groups in total. The average molecular weight is 383 g/mol. The van der Waals surface area contributed by atoms with E-state index in [-0.39, 0.29) is 10.6 Å². The van der Waals surface area contributed by atoms with Crippen LogP contribution < -0.4 is 4.74 Å². The van der Waals surface area contributed by atoms with E-state index in [1.807, 2.05) is 32.0 Å². The van der Waals surface area contributed by atoms with Crippen LogP contribution in [0.1, 0.15) is 24.2 Å². The van der Waals surface area contributed by atoms with Gasteiger partial charge in [-0.1, -0.05) is 28.1 Å². The maximum absolute atomic E-state index is 11.8. The Morgan fingerprint density at radius 2 is 2.27 bits per heavy atom. The van der Waals surface area contributed by atoms with Gasteiger partial charge in [0, 0.05) is 5.56 Å². The first-order valence-corrected chi connectivity index (χ1v) is 6.67. The molecule has 0 aliphatic heterocycles. The number of Topliss-reactive ketones (excluding diaryl/α,β-unsaturated/α-hetero) is 1. The van der Waals surface area contributed by atoms with Gasteiger partial charge in [0.25, 0.3) is 0 Å². The number of rotatable bonds is 4. The lowest BCUT2D eigenvalue weighted by Crippen LogP contribution is -2.12. The number of alkyl halides is 1. The summed E-state index contributed by atoms with van der Waals surface area (Å²) in [4.78, 5) is 11.7. The second-order valence-electron chi connectivity index (χ2n) is 3.03. The van der Waals surface area contributed by atoms with Gasteiger partial charge in [-0.25, -0.2) is 0 Å². The Morgan fingerprint density at radius 3 is 2.80 bits per heavy atom. The molecule has 82 valence electrons. The van der Waals surface area contributed by atoms with Crippen LogP contribution in [-0.4, -0.2) is 17.2 Å². The van der Waals surface area contributed by atoms with Crippen LogP contribution in [0.15, 0.2) is 18.2 Å². The van der Waals surface area contributed by atoms with Crippen LogP contribution in [-0.2, 0) is 0 Å². The molecular weight excluding hydrogens is 371 g/mol. The van der Waals surface area contributed by atoms with E-state index in [9.17, 15) is 4.79 Å². The zero-order chi connectivity index (χ0) is 11.4. The second-order valence-corrected chi connectivity index (χ2v) is 5.48. The second kappa shape index (κ2) is 5.84. The lowest BCUT2D eigenvalue weighted by Gasteiger charge is -2.10. The number of carbonyl (C=O) groups is 1. The summed E-state index contributed by atoms with van der Waals surface area (Å²) in [5.41, 5.74) is 0.714. The lowest BCUT2D eigenvalue weighted by atomic mass is 10.1. The summed E-state index contributed by atoms with van der Waals surface area (Å²) >= 11 is 5.43. The highest BCUT2D eigenvalue weighted by Gasteiger charge is 2.17. The van der Waals surface area contributed by atoms with Crippen LogP contribution in [0, 0.1) is 3.57 Å². The topological polar surface area (TPSA) is 26.3 Å². The fourth-order valence-corrected chi connectivity index (χ4v) is 2.21. The number of halogens is 2. The van der Waals surface area contributed by atoms with Crippen LogP contribution in [0.3, 0.4) is 0 Å². The van der Waals surface area contributed by atoms with Crippen LogP contribution >= 0.6 is 38.5 Å². The number of hydrogen-bond acceptors (Lipinski definition) is 2. The van der Waals surface area contributed by atoms with Gasteiger partial charge in [0.15, 0.2) is 5.78 Å². The van der Waals surface area contributed by atoms with Crippen molar-refractivity contribution in [1.29, 1.82) is 0 Å². The zero-order valence-corrected chi connectivity index (χ0v) is 12.3. The maximum Gasteiger partial charge on any atom is 0.177 e. The van der Waals surface area contributed by atoms with E-state index in [1.54, 1.807) is 0 Å². The van der Waals surface area contributed by atoms with Gasteiger partial charge in [-0.15, -0.1) is 0 Å². The Labute approximate surface area is 112 Å². The first-order valence-electron chi connectivity index (χ1n) is 4.67. The van der Waals surface area contributed by atoms with Crippen molar-refractivity contribution in [1.82, 2.24) is 0 Å². The minimum Gasteiger partial charge on any atom is -0.493 e. The SMILES string of the molecule is CCOc1cccc(C(=O)C(C)Br)c1I. The van der Waals surface area contributed by atoms with E-state index in [1.165, 1.54) is 0 Å². The Kier molecular flexibility index (Phi) is 5.05. The summed E-state index contributed by atoms with van der Waals surface area (Å²) in [5.74, 6) is 0.859. The van der Waals surface area contributed by atoms with E-state index in [2.05, 4.69) is 38.5 Å². The molecule has 4 heteroatoms. The predicted molar refractivity (Wildman–Crippen MR) is 73.0 cm³/mol. The Balaban J connectivity index is 3.09. The third-order valence-electron chi connectivity index (χ3n) is 1.89. The summed E-state index contributed by atoms with van der Waals surface area (Å²) in [5, 5.41) is 0. The number of ether oxygens (including phenoxy) is 1. The van der Waals surface area contributed by atoms with Crippen LogP contribution in [0.5, 0.6) is 5.75 Å². The molecular formula is C11H12BrIO2. The van der Waals surface area contributed by atoms with Gasteiger partial charge < -0.3 is 4.74 Å². The lowest BCUT2D eigenvalue weighted by molar-refractivity contribution is 0.0994. The molecule has 0 fully saturated rings. The van der Waals surface area contributed by atoms with Crippen molar-refractivity contribution in [3.63, 3.8) is 0 Å². The average Bonchev–Trinajstić information content (AvgIpc) is 2.20. The van der Waals surface area contributed by atoms with Crippen LogP contribution in [0.25, 0.3) is 0 Å². The van der Waals surface area contributed by atoms with E-state index in [4.69, 9.17) is 4.74 Å². The number of ketones is 1. The molecule has 0 saturated carbocycles. The van der Waals surface area contributed by atoms with Crippen molar-refractivity contribution in [2.45, 2.75) is 18.7 Å². The first kappa shape index (κ1) is 13.0. The number of benzene rings is 1. The molecule has 0 spiro atoms. The summed E-state index contributed by atoms with van der Waals surface area (Å²) in [6, 6.07) is 5.54. The molecule has 0 bridgehead atoms. The molecule has 1 unspecified atom stereocenters. The molecule has 1 aromatic rings. The smallest absolute Gasteiger partial charge is 0.177 e. The Morgan fingerprint density at radius 1 is 1.60 bits per heavy atom. The van der Waals surface area contributed by atoms with E-state index < -0.39 is 0 Å². The standard InChI is InChI=1S/C11H12BrIO2/c1-3-15-9-6-4-5-8(10(9)13)11(14)7(2)12/h4-7H,3H2,1-2H3. The van der Waals surface area contributed by atoms with Gasteiger partial charge >= 0.3 is 0 Å². The fourth-order valence-electron chi connectivity index (χ4n) is 1.18. The van der Waals surface area contributed by atoms with E-state index >= 15 is 0 Å². The van der Waals surface area contributed by atoms with Crippen molar-refractivity contribution in [3.8, 4) is 5.75 Å². The zero-order valence-electron chi connectivity index (χ0n) is 8.59. The summed E-state index contributed by atoms with van der Waals surface area (Å²) in [7, 11) is 0. The first-order chi connectivity index (χ1) is 7.07. The highest BCUT2D eigenvalue weighted by atomic mass is 127. The number of carbonyl (C=O) groups excluding carboxylic acids is 1. The molecule has 2 nitrogen and oxygen atoms in total.